The number of carboxylic acid groups (broad SMARTS) is 1. The number of likely N-dealkylation sites (tertiary alicyclic amines) is 1. The number of nitrogens with zero attached hydrogens (tertiary/aromatic N) is 1. The van der Waals surface area contributed by atoms with Crippen LogP contribution in [0.3, 0.4) is 0 Å². The smallest absolute Gasteiger partial charge is 0.322 e. The number of benzene rings is 1. The lowest BCUT2D eigenvalue weighted by Crippen LogP contribution is -2.58. The SMILES string of the molecule is CC(C)C[C@H](NC(=O)[C@@H]1CCCN1)C(=O)N[C@@H](Cc1ccc(O)cc1)C(=O)N1CCC[C@H]1C(=O)NCC(=O)NCC(=O)O. The van der Waals surface area contributed by atoms with E-state index in [0.29, 0.717) is 31.2 Å². The van der Waals surface area contributed by atoms with E-state index in [9.17, 15) is 33.9 Å². The summed E-state index contributed by atoms with van der Waals surface area (Å²) in [6.07, 6.45) is 2.82. The highest BCUT2D eigenvalue weighted by molar-refractivity contribution is 5.96. The average Bonchev–Trinajstić information content (AvgIpc) is 3.67. The van der Waals surface area contributed by atoms with Crippen molar-refractivity contribution in [3.8, 4) is 5.75 Å². The Morgan fingerprint density at radius 2 is 1.65 bits per heavy atom. The van der Waals surface area contributed by atoms with E-state index >= 15 is 0 Å². The summed E-state index contributed by atoms with van der Waals surface area (Å²) in [5.74, 6) is -3.66. The van der Waals surface area contributed by atoms with Gasteiger partial charge in [0.1, 0.15) is 30.4 Å². The van der Waals surface area contributed by atoms with Crippen molar-refractivity contribution in [2.24, 2.45) is 5.92 Å². The first-order chi connectivity index (χ1) is 20.4. The Kier molecular flexibility index (Phi) is 12.3. The molecule has 2 aliphatic heterocycles. The quantitative estimate of drug-likeness (QED) is 0.139. The van der Waals surface area contributed by atoms with Crippen molar-refractivity contribution in [3.63, 3.8) is 0 Å². The summed E-state index contributed by atoms with van der Waals surface area (Å²) in [4.78, 5) is 77.2. The molecule has 0 bridgehead atoms. The van der Waals surface area contributed by atoms with Crippen LogP contribution >= 0.6 is 0 Å². The van der Waals surface area contributed by atoms with E-state index in [-0.39, 0.29) is 36.6 Å². The first-order valence-corrected chi connectivity index (χ1v) is 14.6. The highest BCUT2D eigenvalue weighted by Crippen LogP contribution is 2.21. The van der Waals surface area contributed by atoms with Gasteiger partial charge in [-0.1, -0.05) is 26.0 Å². The molecule has 0 unspecified atom stereocenters. The molecule has 0 spiro atoms. The van der Waals surface area contributed by atoms with Crippen molar-refractivity contribution >= 4 is 35.5 Å². The number of hydrogen-bond donors (Lipinski definition) is 7. The number of carboxylic acids is 1. The van der Waals surface area contributed by atoms with E-state index < -0.39 is 60.8 Å². The van der Waals surface area contributed by atoms with Gasteiger partial charge < -0.3 is 41.7 Å². The van der Waals surface area contributed by atoms with Crippen LogP contribution in [0.4, 0.5) is 0 Å². The number of aliphatic carboxylic acids is 1. The molecule has 0 aromatic heterocycles. The zero-order valence-corrected chi connectivity index (χ0v) is 24.6. The zero-order chi connectivity index (χ0) is 31.5. The molecular weight excluding hydrogens is 560 g/mol. The summed E-state index contributed by atoms with van der Waals surface area (Å²) >= 11 is 0. The standard InChI is InChI=1S/C29H42N6O8/c1-17(2)13-21(33-26(40)20-5-3-11-30-20)27(41)34-22(14-18-7-9-19(36)10-8-18)29(43)35-12-4-6-23(35)28(42)32-15-24(37)31-16-25(38)39/h7-10,17,20-23,30,36H,3-6,11-16H2,1-2H3,(H,31,37)(H,32,42)(H,33,40)(H,34,41)(H,38,39)/t20-,21-,22-,23-/m0/s1. The average molecular weight is 603 g/mol. The zero-order valence-electron chi connectivity index (χ0n) is 24.6. The summed E-state index contributed by atoms with van der Waals surface area (Å²) in [5.41, 5.74) is 0.659. The number of amides is 5. The van der Waals surface area contributed by atoms with Gasteiger partial charge in [-0.3, -0.25) is 28.8 Å². The molecule has 7 N–H and O–H groups in total. The second-order valence-electron chi connectivity index (χ2n) is 11.3. The van der Waals surface area contributed by atoms with Crippen LogP contribution in [0.1, 0.15) is 51.5 Å². The fourth-order valence-corrected chi connectivity index (χ4v) is 5.25. The molecule has 236 valence electrons. The van der Waals surface area contributed by atoms with Crippen molar-refractivity contribution < 1.29 is 39.0 Å². The first kappa shape index (κ1) is 33.3. The number of carbonyl (C=O) groups is 6. The van der Waals surface area contributed by atoms with Crippen molar-refractivity contribution in [3.05, 3.63) is 29.8 Å². The number of aromatic hydroxyl groups is 1. The van der Waals surface area contributed by atoms with E-state index in [1.54, 1.807) is 12.1 Å². The molecule has 43 heavy (non-hydrogen) atoms. The van der Waals surface area contributed by atoms with Crippen LogP contribution in [0, 0.1) is 5.92 Å². The lowest BCUT2D eigenvalue weighted by molar-refractivity contribution is -0.142. The van der Waals surface area contributed by atoms with Gasteiger partial charge in [-0.25, -0.2) is 0 Å². The second kappa shape index (κ2) is 15.9. The highest BCUT2D eigenvalue weighted by Gasteiger charge is 2.39. The first-order valence-electron chi connectivity index (χ1n) is 14.6. The largest absolute Gasteiger partial charge is 0.508 e. The predicted molar refractivity (Wildman–Crippen MR) is 155 cm³/mol. The fraction of sp³-hybridized carbons (Fsp3) is 0.586. The summed E-state index contributed by atoms with van der Waals surface area (Å²) in [7, 11) is 0. The maximum absolute atomic E-state index is 13.9. The van der Waals surface area contributed by atoms with Crippen molar-refractivity contribution in [1.29, 1.82) is 0 Å². The second-order valence-corrected chi connectivity index (χ2v) is 11.3. The van der Waals surface area contributed by atoms with Crippen LogP contribution < -0.4 is 26.6 Å². The van der Waals surface area contributed by atoms with E-state index in [0.717, 1.165) is 13.0 Å². The Morgan fingerprint density at radius 3 is 2.28 bits per heavy atom. The minimum absolute atomic E-state index is 0.0413. The van der Waals surface area contributed by atoms with Crippen LogP contribution in [0.5, 0.6) is 5.75 Å². The fourth-order valence-electron chi connectivity index (χ4n) is 5.25. The van der Waals surface area contributed by atoms with E-state index in [2.05, 4.69) is 26.6 Å². The van der Waals surface area contributed by atoms with Gasteiger partial charge in [0.2, 0.25) is 29.5 Å². The Balaban J connectivity index is 1.75. The molecule has 0 radical (unpaired) electrons. The van der Waals surface area contributed by atoms with Crippen LogP contribution in [0.15, 0.2) is 24.3 Å². The molecule has 14 heteroatoms. The number of phenols is 1. The third-order valence-corrected chi connectivity index (χ3v) is 7.41. The van der Waals surface area contributed by atoms with Gasteiger partial charge in [0.05, 0.1) is 12.6 Å². The number of hydrogen-bond acceptors (Lipinski definition) is 8. The van der Waals surface area contributed by atoms with Crippen molar-refractivity contribution in [2.45, 2.75) is 76.5 Å². The van der Waals surface area contributed by atoms with Crippen LogP contribution in [-0.2, 0) is 35.2 Å². The molecule has 5 amide bonds. The Bertz CT molecular complexity index is 1170. The summed E-state index contributed by atoms with van der Waals surface area (Å²) in [5, 5.41) is 31.8. The monoisotopic (exact) mass is 602 g/mol. The predicted octanol–water partition coefficient (Wildman–Crippen LogP) is -0.990. The molecule has 1 aromatic rings. The Labute approximate surface area is 250 Å². The minimum atomic E-state index is -1.22. The van der Waals surface area contributed by atoms with Gasteiger partial charge in [-0.05, 0) is 62.3 Å². The molecule has 14 nitrogen and oxygen atoms in total. The maximum atomic E-state index is 13.9. The molecule has 0 aliphatic carbocycles. The lowest BCUT2D eigenvalue weighted by Gasteiger charge is -2.30. The van der Waals surface area contributed by atoms with E-state index in [1.807, 2.05) is 13.8 Å². The molecule has 3 rings (SSSR count). The normalized spacial score (nSPS) is 19.4. The Hall–Kier alpha value is -4.20. The van der Waals surface area contributed by atoms with Gasteiger partial charge in [0.25, 0.3) is 0 Å². The third-order valence-electron chi connectivity index (χ3n) is 7.41. The summed E-state index contributed by atoms with van der Waals surface area (Å²) < 4.78 is 0. The molecule has 0 saturated carbocycles. The lowest BCUT2D eigenvalue weighted by atomic mass is 10.00. The van der Waals surface area contributed by atoms with Crippen LogP contribution in [-0.4, -0.2) is 101 Å². The van der Waals surface area contributed by atoms with Crippen molar-refractivity contribution in [1.82, 2.24) is 31.5 Å². The van der Waals surface area contributed by atoms with E-state index in [1.165, 1.54) is 17.0 Å². The van der Waals surface area contributed by atoms with Gasteiger partial charge >= 0.3 is 5.97 Å². The third kappa shape index (κ3) is 10.2. The number of carbonyl (C=O) groups excluding carboxylic acids is 5. The summed E-state index contributed by atoms with van der Waals surface area (Å²) in [6, 6.07) is 2.96. The van der Waals surface area contributed by atoms with Crippen molar-refractivity contribution in [2.75, 3.05) is 26.2 Å². The van der Waals surface area contributed by atoms with Gasteiger partial charge in [0.15, 0.2) is 0 Å². The Morgan fingerprint density at radius 1 is 0.930 bits per heavy atom. The highest BCUT2D eigenvalue weighted by atomic mass is 16.4. The van der Waals surface area contributed by atoms with E-state index in [4.69, 9.17) is 5.11 Å². The maximum Gasteiger partial charge on any atom is 0.322 e. The van der Waals surface area contributed by atoms with Crippen LogP contribution in [0.25, 0.3) is 0 Å². The minimum Gasteiger partial charge on any atom is -0.508 e. The summed E-state index contributed by atoms with van der Waals surface area (Å²) in [6.45, 7) is 3.79. The molecule has 2 fully saturated rings. The van der Waals surface area contributed by atoms with Gasteiger partial charge in [0, 0.05) is 13.0 Å². The molecule has 2 heterocycles. The van der Waals surface area contributed by atoms with Gasteiger partial charge in [-0.2, -0.15) is 0 Å². The molecule has 1 aromatic carbocycles. The topological polar surface area (TPSA) is 206 Å². The number of nitrogens with one attached hydrogen (secondary N) is 5. The molecule has 2 aliphatic rings. The molecule has 2 saturated heterocycles. The molecule has 4 atom stereocenters. The van der Waals surface area contributed by atoms with Crippen LogP contribution in [0.2, 0.25) is 0 Å². The number of rotatable bonds is 14. The van der Waals surface area contributed by atoms with Gasteiger partial charge in [-0.15, -0.1) is 0 Å². The molecular formula is C29H42N6O8. The number of phenolic OH excluding ortho intramolecular Hbond substituents is 1.